The van der Waals surface area contributed by atoms with Crippen molar-refractivity contribution in [3.8, 4) is 5.88 Å². The van der Waals surface area contributed by atoms with Crippen LogP contribution in [0, 0.1) is 5.92 Å². The second-order valence-electron chi connectivity index (χ2n) is 5.48. The summed E-state index contributed by atoms with van der Waals surface area (Å²) in [5.41, 5.74) is 1.13. The summed E-state index contributed by atoms with van der Waals surface area (Å²) >= 11 is 0. The number of aromatic nitrogens is 1. The zero-order chi connectivity index (χ0) is 13.7. The standard InChI is InChI=1S/C15H25N3O/c1-12(13-6-9-18(2)10-7-13)17-11-14-5-4-8-16-15(14)19-3/h4-5,8,12-13,17H,6-7,9-11H2,1-3H3. The van der Waals surface area contributed by atoms with Crippen molar-refractivity contribution in [2.24, 2.45) is 5.92 Å². The molecule has 4 nitrogen and oxygen atoms in total. The average molecular weight is 263 g/mol. The van der Waals surface area contributed by atoms with Crippen LogP contribution >= 0.6 is 0 Å². The zero-order valence-electron chi connectivity index (χ0n) is 12.2. The Morgan fingerprint density at radius 1 is 1.47 bits per heavy atom. The van der Waals surface area contributed by atoms with E-state index in [0.29, 0.717) is 6.04 Å². The molecule has 1 unspecified atom stereocenters. The molecule has 1 aliphatic rings. The van der Waals surface area contributed by atoms with Crippen LogP contribution in [-0.4, -0.2) is 43.2 Å². The first-order chi connectivity index (χ1) is 9.20. The highest BCUT2D eigenvalue weighted by Gasteiger charge is 2.22. The number of piperidine rings is 1. The number of hydrogen-bond donors (Lipinski definition) is 1. The van der Waals surface area contributed by atoms with Gasteiger partial charge in [0.2, 0.25) is 5.88 Å². The van der Waals surface area contributed by atoms with Gasteiger partial charge in [0.05, 0.1) is 7.11 Å². The predicted molar refractivity (Wildman–Crippen MR) is 77.3 cm³/mol. The Balaban J connectivity index is 1.84. The lowest BCUT2D eigenvalue weighted by atomic mass is 9.90. The zero-order valence-corrected chi connectivity index (χ0v) is 12.2. The van der Waals surface area contributed by atoms with E-state index in [-0.39, 0.29) is 0 Å². The van der Waals surface area contributed by atoms with Gasteiger partial charge in [0, 0.05) is 24.3 Å². The molecule has 19 heavy (non-hydrogen) atoms. The Morgan fingerprint density at radius 2 is 2.21 bits per heavy atom. The molecule has 1 fully saturated rings. The average Bonchev–Trinajstić information content (AvgIpc) is 2.45. The summed E-state index contributed by atoms with van der Waals surface area (Å²) in [6.45, 7) is 5.54. The molecule has 2 rings (SSSR count). The van der Waals surface area contributed by atoms with Crippen LogP contribution in [0.3, 0.4) is 0 Å². The number of ether oxygens (including phenoxy) is 1. The molecule has 4 heteroatoms. The van der Waals surface area contributed by atoms with E-state index in [9.17, 15) is 0 Å². The molecule has 0 radical (unpaired) electrons. The summed E-state index contributed by atoms with van der Waals surface area (Å²) < 4.78 is 5.28. The van der Waals surface area contributed by atoms with Gasteiger partial charge >= 0.3 is 0 Å². The molecular formula is C15H25N3O. The van der Waals surface area contributed by atoms with E-state index in [1.165, 1.54) is 25.9 Å². The van der Waals surface area contributed by atoms with Crippen LogP contribution in [0.1, 0.15) is 25.3 Å². The summed E-state index contributed by atoms with van der Waals surface area (Å²) in [4.78, 5) is 6.64. The minimum atomic E-state index is 0.540. The van der Waals surface area contributed by atoms with Crippen molar-refractivity contribution in [3.63, 3.8) is 0 Å². The van der Waals surface area contributed by atoms with Gasteiger partial charge < -0.3 is 15.0 Å². The molecule has 1 N–H and O–H groups in total. The first-order valence-electron chi connectivity index (χ1n) is 7.10. The summed E-state index contributed by atoms with van der Waals surface area (Å²) in [5, 5.41) is 3.62. The van der Waals surface area contributed by atoms with E-state index >= 15 is 0 Å². The predicted octanol–water partition coefficient (Wildman–Crippen LogP) is 1.91. The van der Waals surface area contributed by atoms with E-state index in [2.05, 4.69) is 35.2 Å². The molecule has 0 amide bonds. The van der Waals surface area contributed by atoms with Crippen molar-refractivity contribution in [3.05, 3.63) is 23.9 Å². The van der Waals surface area contributed by atoms with Gasteiger partial charge in [-0.3, -0.25) is 0 Å². The van der Waals surface area contributed by atoms with Gasteiger partial charge in [-0.1, -0.05) is 6.07 Å². The molecule has 0 aliphatic carbocycles. The summed E-state index contributed by atoms with van der Waals surface area (Å²) in [5.74, 6) is 1.50. The van der Waals surface area contributed by atoms with E-state index < -0.39 is 0 Å². The van der Waals surface area contributed by atoms with E-state index in [1.807, 2.05) is 6.07 Å². The Hall–Kier alpha value is -1.13. The second kappa shape index (κ2) is 6.87. The Kier molecular flexibility index (Phi) is 5.16. The highest BCUT2D eigenvalue weighted by atomic mass is 16.5. The van der Waals surface area contributed by atoms with Crippen molar-refractivity contribution in [2.45, 2.75) is 32.4 Å². The first kappa shape index (κ1) is 14.3. The largest absolute Gasteiger partial charge is 0.481 e. The van der Waals surface area contributed by atoms with E-state index in [1.54, 1.807) is 13.3 Å². The maximum absolute atomic E-state index is 5.28. The number of nitrogens with one attached hydrogen (secondary N) is 1. The fourth-order valence-corrected chi connectivity index (χ4v) is 2.71. The first-order valence-corrected chi connectivity index (χ1v) is 7.10. The Bertz CT molecular complexity index is 389. The third-order valence-electron chi connectivity index (χ3n) is 4.13. The number of likely N-dealkylation sites (tertiary alicyclic amines) is 1. The van der Waals surface area contributed by atoms with Gasteiger partial charge in [0.15, 0.2) is 0 Å². The van der Waals surface area contributed by atoms with Crippen molar-refractivity contribution in [2.75, 3.05) is 27.2 Å². The SMILES string of the molecule is COc1ncccc1CNC(C)C1CCN(C)CC1. The van der Waals surface area contributed by atoms with Crippen LogP contribution in [0.25, 0.3) is 0 Å². The molecule has 0 spiro atoms. The molecule has 1 aliphatic heterocycles. The fraction of sp³-hybridized carbons (Fsp3) is 0.667. The highest BCUT2D eigenvalue weighted by Crippen LogP contribution is 2.20. The summed E-state index contributed by atoms with van der Waals surface area (Å²) in [7, 11) is 3.88. The molecule has 0 saturated carbocycles. The van der Waals surface area contributed by atoms with Gasteiger partial charge in [0.25, 0.3) is 0 Å². The molecule has 1 atom stereocenters. The molecule has 0 bridgehead atoms. The lowest BCUT2D eigenvalue weighted by Gasteiger charge is -2.33. The van der Waals surface area contributed by atoms with Gasteiger partial charge in [-0.25, -0.2) is 4.98 Å². The quantitative estimate of drug-likeness (QED) is 0.880. The van der Waals surface area contributed by atoms with Crippen molar-refractivity contribution >= 4 is 0 Å². The maximum Gasteiger partial charge on any atom is 0.217 e. The molecule has 106 valence electrons. The maximum atomic E-state index is 5.28. The molecule has 0 aromatic carbocycles. The monoisotopic (exact) mass is 263 g/mol. The normalized spacial score (nSPS) is 19.3. The molecular weight excluding hydrogens is 238 g/mol. The summed E-state index contributed by atoms with van der Waals surface area (Å²) in [6.07, 6.45) is 4.34. The molecule has 1 saturated heterocycles. The van der Waals surface area contributed by atoms with E-state index in [4.69, 9.17) is 4.74 Å². The minimum absolute atomic E-state index is 0.540. The van der Waals surface area contributed by atoms with Crippen LogP contribution < -0.4 is 10.1 Å². The van der Waals surface area contributed by atoms with Crippen molar-refractivity contribution in [1.29, 1.82) is 0 Å². The number of pyridine rings is 1. The lowest BCUT2D eigenvalue weighted by Crippen LogP contribution is -2.40. The lowest BCUT2D eigenvalue weighted by molar-refractivity contribution is 0.189. The van der Waals surface area contributed by atoms with Crippen LogP contribution in [-0.2, 0) is 6.54 Å². The third kappa shape index (κ3) is 3.91. The number of hydrogen-bond acceptors (Lipinski definition) is 4. The van der Waals surface area contributed by atoms with Gasteiger partial charge in [0.1, 0.15) is 0 Å². The number of rotatable bonds is 5. The van der Waals surface area contributed by atoms with Crippen molar-refractivity contribution < 1.29 is 4.74 Å². The molecule has 2 heterocycles. The van der Waals surface area contributed by atoms with Crippen LogP contribution in [0.4, 0.5) is 0 Å². The Labute approximate surface area is 116 Å². The smallest absolute Gasteiger partial charge is 0.217 e. The second-order valence-corrected chi connectivity index (χ2v) is 5.48. The molecule has 1 aromatic rings. The molecule has 1 aromatic heterocycles. The van der Waals surface area contributed by atoms with Crippen LogP contribution in [0.5, 0.6) is 5.88 Å². The third-order valence-corrected chi connectivity index (χ3v) is 4.13. The van der Waals surface area contributed by atoms with Gasteiger partial charge in [-0.15, -0.1) is 0 Å². The Morgan fingerprint density at radius 3 is 2.89 bits per heavy atom. The van der Waals surface area contributed by atoms with E-state index in [0.717, 1.165) is 23.9 Å². The summed E-state index contributed by atoms with van der Waals surface area (Å²) in [6, 6.07) is 4.57. The highest BCUT2D eigenvalue weighted by molar-refractivity contribution is 5.25. The topological polar surface area (TPSA) is 37.4 Å². The number of nitrogens with zero attached hydrogens (tertiary/aromatic N) is 2. The van der Waals surface area contributed by atoms with Gasteiger partial charge in [-0.2, -0.15) is 0 Å². The van der Waals surface area contributed by atoms with Crippen LogP contribution in [0.2, 0.25) is 0 Å². The van der Waals surface area contributed by atoms with Crippen molar-refractivity contribution in [1.82, 2.24) is 15.2 Å². The van der Waals surface area contributed by atoms with Gasteiger partial charge in [-0.05, 0) is 51.9 Å². The minimum Gasteiger partial charge on any atom is -0.481 e. The number of methoxy groups -OCH3 is 1. The fourth-order valence-electron chi connectivity index (χ4n) is 2.71. The van der Waals surface area contributed by atoms with Crippen LogP contribution in [0.15, 0.2) is 18.3 Å².